The molecule has 0 amide bonds. The smallest absolute Gasteiger partial charge is 0.207 e. The Bertz CT molecular complexity index is 962. The Hall–Kier alpha value is -1.60. The van der Waals surface area contributed by atoms with Crippen LogP contribution in [0, 0.1) is 0 Å². The van der Waals surface area contributed by atoms with Gasteiger partial charge in [0.25, 0.3) is 0 Å². The summed E-state index contributed by atoms with van der Waals surface area (Å²) in [7, 11) is 0. The van der Waals surface area contributed by atoms with Gasteiger partial charge in [0.05, 0.1) is 33.8 Å². The van der Waals surface area contributed by atoms with Gasteiger partial charge in [-0.05, 0) is 43.7 Å². The molecular formula is C19H21Cl3FN5. The zero-order chi connectivity index (χ0) is 19.1. The largest absolute Gasteiger partial charge is 0.340 e. The van der Waals surface area contributed by atoms with E-state index >= 15 is 0 Å². The number of anilines is 1. The van der Waals surface area contributed by atoms with Crippen molar-refractivity contribution in [3.8, 4) is 0 Å². The number of piperidine rings is 1. The van der Waals surface area contributed by atoms with Crippen LogP contribution in [0.3, 0.4) is 0 Å². The molecule has 0 spiro atoms. The fourth-order valence-electron chi connectivity index (χ4n) is 3.57. The molecule has 0 radical (unpaired) electrons. The molecule has 150 valence electrons. The first-order chi connectivity index (χ1) is 12.9. The minimum atomic E-state index is -0.983. The standard InChI is InChI=1S/C19H20Cl2FN5.ClH/c1-11(16-4-2-13(21)9-24-16)27-18-5-3-12(20)8-17(18)25-19(27)26-7-6-14(22)15(23)10-26;/h2-5,8-9,11,14-15H,6-7,10,23H2,1H3;1H/t11-,14+,15+;/m0./s1. The Kier molecular flexibility index (Phi) is 6.34. The molecule has 1 fully saturated rings. The van der Waals surface area contributed by atoms with Gasteiger partial charge in [-0.3, -0.25) is 4.98 Å². The van der Waals surface area contributed by atoms with Gasteiger partial charge in [-0.15, -0.1) is 12.4 Å². The van der Waals surface area contributed by atoms with E-state index < -0.39 is 12.2 Å². The second-order valence-electron chi connectivity index (χ2n) is 6.91. The summed E-state index contributed by atoms with van der Waals surface area (Å²) in [6.45, 7) is 3.03. The average Bonchev–Trinajstić information content (AvgIpc) is 3.02. The van der Waals surface area contributed by atoms with Gasteiger partial charge in [0.2, 0.25) is 5.95 Å². The van der Waals surface area contributed by atoms with Crippen LogP contribution in [-0.4, -0.2) is 39.8 Å². The van der Waals surface area contributed by atoms with Crippen LogP contribution in [-0.2, 0) is 0 Å². The highest BCUT2D eigenvalue weighted by Crippen LogP contribution is 2.32. The first kappa shape index (κ1) is 21.1. The molecule has 1 aromatic carbocycles. The maximum absolute atomic E-state index is 13.9. The van der Waals surface area contributed by atoms with Crippen molar-refractivity contribution >= 4 is 52.6 Å². The lowest BCUT2D eigenvalue weighted by Crippen LogP contribution is -2.50. The summed E-state index contributed by atoms with van der Waals surface area (Å²) < 4.78 is 16.0. The van der Waals surface area contributed by atoms with Gasteiger partial charge in [0.15, 0.2) is 0 Å². The van der Waals surface area contributed by atoms with E-state index in [1.807, 2.05) is 35.2 Å². The highest BCUT2D eigenvalue weighted by molar-refractivity contribution is 6.31. The summed E-state index contributed by atoms with van der Waals surface area (Å²) >= 11 is 12.1. The predicted octanol–water partition coefficient (Wildman–Crippen LogP) is 4.64. The maximum atomic E-state index is 13.9. The molecule has 3 heterocycles. The number of halogens is 4. The van der Waals surface area contributed by atoms with Crippen LogP contribution in [0.4, 0.5) is 10.3 Å². The number of hydrogen-bond acceptors (Lipinski definition) is 4. The van der Waals surface area contributed by atoms with Gasteiger partial charge in [-0.1, -0.05) is 23.2 Å². The molecule has 1 saturated heterocycles. The number of hydrogen-bond donors (Lipinski definition) is 1. The normalized spacial score (nSPS) is 20.8. The van der Waals surface area contributed by atoms with E-state index in [2.05, 4.69) is 16.5 Å². The molecule has 1 aliphatic heterocycles. The van der Waals surface area contributed by atoms with Gasteiger partial charge in [-0.2, -0.15) is 0 Å². The van der Waals surface area contributed by atoms with E-state index in [4.69, 9.17) is 33.9 Å². The monoisotopic (exact) mass is 443 g/mol. The van der Waals surface area contributed by atoms with Crippen LogP contribution < -0.4 is 10.6 Å². The molecule has 3 aromatic rings. The van der Waals surface area contributed by atoms with Crippen LogP contribution in [0.15, 0.2) is 36.5 Å². The molecule has 0 saturated carbocycles. The van der Waals surface area contributed by atoms with E-state index in [0.29, 0.717) is 29.6 Å². The molecule has 0 aliphatic carbocycles. The maximum Gasteiger partial charge on any atom is 0.207 e. The zero-order valence-electron chi connectivity index (χ0n) is 15.2. The van der Waals surface area contributed by atoms with Gasteiger partial charge >= 0.3 is 0 Å². The number of fused-ring (bicyclic) bond motifs is 1. The predicted molar refractivity (Wildman–Crippen MR) is 115 cm³/mol. The molecule has 2 aromatic heterocycles. The van der Waals surface area contributed by atoms with Crippen molar-refractivity contribution in [1.29, 1.82) is 0 Å². The van der Waals surface area contributed by atoms with Crippen LogP contribution >= 0.6 is 35.6 Å². The van der Waals surface area contributed by atoms with Crippen LogP contribution in [0.1, 0.15) is 25.1 Å². The lowest BCUT2D eigenvalue weighted by molar-refractivity contribution is 0.243. The molecule has 2 N–H and O–H groups in total. The molecule has 9 heteroatoms. The summed E-state index contributed by atoms with van der Waals surface area (Å²) in [6, 6.07) is 8.72. The number of rotatable bonds is 3. The van der Waals surface area contributed by atoms with Gasteiger partial charge in [0, 0.05) is 24.3 Å². The highest BCUT2D eigenvalue weighted by Gasteiger charge is 2.30. The molecule has 0 unspecified atom stereocenters. The van der Waals surface area contributed by atoms with Crippen LogP contribution in [0.25, 0.3) is 11.0 Å². The molecule has 1 aliphatic rings. The van der Waals surface area contributed by atoms with Crippen molar-refractivity contribution in [3.05, 3.63) is 52.3 Å². The lowest BCUT2D eigenvalue weighted by atomic mass is 10.1. The summed E-state index contributed by atoms with van der Waals surface area (Å²) in [5.74, 6) is 0.749. The van der Waals surface area contributed by atoms with E-state index in [9.17, 15) is 4.39 Å². The fraction of sp³-hybridized carbons (Fsp3) is 0.368. The third-order valence-electron chi connectivity index (χ3n) is 5.05. The van der Waals surface area contributed by atoms with E-state index in [1.165, 1.54) is 0 Å². The minimum absolute atomic E-state index is 0. The SMILES string of the molecule is C[C@@H](c1ccc(Cl)cn1)n1c(N2CC[C@@H](F)[C@H](N)C2)nc2cc(Cl)ccc21.Cl. The highest BCUT2D eigenvalue weighted by atomic mass is 35.5. The zero-order valence-corrected chi connectivity index (χ0v) is 17.6. The van der Waals surface area contributed by atoms with Crippen molar-refractivity contribution in [2.45, 2.75) is 31.6 Å². The quantitative estimate of drug-likeness (QED) is 0.639. The summed E-state index contributed by atoms with van der Waals surface area (Å²) in [6.07, 6.45) is 1.04. The molecule has 28 heavy (non-hydrogen) atoms. The van der Waals surface area contributed by atoms with Crippen molar-refractivity contribution in [2.24, 2.45) is 5.73 Å². The van der Waals surface area contributed by atoms with E-state index in [0.717, 1.165) is 22.7 Å². The summed E-state index contributed by atoms with van der Waals surface area (Å²) in [5, 5.41) is 1.21. The van der Waals surface area contributed by atoms with Crippen molar-refractivity contribution in [2.75, 3.05) is 18.0 Å². The van der Waals surface area contributed by atoms with Crippen molar-refractivity contribution in [1.82, 2.24) is 14.5 Å². The van der Waals surface area contributed by atoms with Gasteiger partial charge in [0.1, 0.15) is 6.17 Å². The van der Waals surface area contributed by atoms with Crippen LogP contribution in [0.5, 0.6) is 0 Å². The Morgan fingerprint density at radius 1 is 1.21 bits per heavy atom. The molecule has 4 rings (SSSR count). The number of benzene rings is 1. The second kappa shape index (κ2) is 8.41. The number of nitrogens with zero attached hydrogens (tertiary/aromatic N) is 4. The first-order valence-corrected chi connectivity index (χ1v) is 9.63. The molecule has 0 bridgehead atoms. The Morgan fingerprint density at radius 3 is 2.64 bits per heavy atom. The molecule has 5 nitrogen and oxygen atoms in total. The third-order valence-corrected chi connectivity index (χ3v) is 5.51. The van der Waals surface area contributed by atoms with Crippen molar-refractivity contribution in [3.63, 3.8) is 0 Å². The number of imidazole rings is 1. The number of alkyl halides is 1. The van der Waals surface area contributed by atoms with E-state index in [1.54, 1.807) is 6.20 Å². The fourth-order valence-corrected chi connectivity index (χ4v) is 3.84. The lowest BCUT2D eigenvalue weighted by Gasteiger charge is -2.34. The first-order valence-electron chi connectivity index (χ1n) is 8.87. The van der Waals surface area contributed by atoms with Crippen molar-refractivity contribution < 1.29 is 4.39 Å². The number of pyridine rings is 1. The number of aromatic nitrogens is 3. The second-order valence-corrected chi connectivity index (χ2v) is 7.78. The topological polar surface area (TPSA) is 60.0 Å². The van der Waals surface area contributed by atoms with Crippen LogP contribution in [0.2, 0.25) is 10.0 Å². The molecule has 3 atom stereocenters. The Labute approximate surface area is 179 Å². The van der Waals surface area contributed by atoms with E-state index in [-0.39, 0.29) is 18.4 Å². The Balaban J connectivity index is 0.00000225. The Morgan fingerprint density at radius 2 is 1.96 bits per heavy atom. The summed E-state index contributed by atoms with van der Waals surface area (Å²) in [5.41, 5.74) is 8.56. The molecular weight excluding hydrogens is 424 g/mol. The average molecular weight is 445 g/mol. The van der Waals surface area contributed by atoms with Gasteiger partial charge < -0.3 is 15.2 Å². The van der Waals surface area contributed by atoms with Gasteiger partial charge in [-0.25, -0.2) is 9.37 Å². The minimum Gasteiger partial charge on any atom is -0.340 e. The summed E-state index contributed by atoms with van der Waals surface area (Å²) in [4.78, 5) is 11.3. The number of nitrogens with two attached hydrogens (primary N) is 1. The third kappa shape index (κ3) is 3.92.